The molecule has 0 fully saturated rings. The highest BCUT2D eigenvalue weighted by atomic mass is 32.2. The van der Waals surface area contributed by atoms with Crippen molar-refractivity contribution in [1.82, 2.24) is 0 Å². The molecule has 1 aromatic heterocycles. The third kappa shape index (κ3) is 3.94. The van der Waals surface area contributed by atoms with Crippen LogP contribution in [0.2, 0.25) is 19.6 Å². The zero-order valence-electron chi connectivity index (χ0n) is 23.8. The predicted octanol–water partition coefficient (Wildman–Crippen LogP) is 8.85. The van der Waals surface area contributed by atoms with Crippen molar-refractivity contribution in [3.63, 3.8) is 0 Å². The Kier molecular flexibility index (Phi) is 5.46. The van der Waals surface area contributed by atoms with Crippen LogP contribution in [-0.2, 0) is 13.5 Å². The van der Waals surface area contributed by atoms with Gasteiger partial charge in [-0.05, 0) is 64.4 Å². The molecule has 2 heterocycles. The molecule has 0 atom stereocenters. The van der Waals surface area contributed by atoms with Crippen molar-refractivity contribution in [3.8, 4) is 11.3 Å². The number of fused-ring (bicyclic) bond motifs is 5. The van der Waals surface area contributed by atoms with Crippen LogP contribution in [0.4, 0.5) is 0 Å². The molecule has 0 bridgehead atoms. The maximum Gasteiger partial charge on any atom is 0.222 e. The second-order valence-electron chi connectivity index (χ2n) is 13.3. The second kappa shape index (κ2) is 8.19. The summed E-state index contributed by atoms with van der Waals surface area (Å²) in [5, 5.41) is 9.90. The van der Waals surface area contributed by atoms with Gasteiger partial charge in [0, 0.05) is 21.2 Å². The fraction of sp³-hybridized carbons (Fsp3) is 0.324. The highest BCUT2D eigenvalue weighted by molar-refractivity contribution is 8.00. The number of aryl methyl sites for hydroxylation is 3. The normalized spacial score (nSPS) is 13.5. The molecule has 1 aliphatic heterocycles. The fourth-order valence-electron chi connectivity index (χ4n) is 6.12. The lowest BCUT2D eigenvalue weighted by Gasteiger charge is -2.28. The Morgan fingerprint density at radius 1 is 0.838 bits per heavy atom. The first-order chi connectivity index (χ1) is 17.3. The molecule has 6 rings (SSSR count). The van der Waals surface area contributed by atoms with E-state index in [1.807, 2.05) is 11.8 Å². The summed E-state index contributed by atoms with van der Waals surface area (Å²) in [6.07, 6.45) is 3.34. The van der Waals surface area contributed by atoms with Gasteiger partial charge in [-0.2, -0.15) is 0 Å². The Labute approximate surface area is 226 Å². The Morgan fingerprint density at radius 3 is 2.30 bits per heavy atom. The number of benzene rings is 4. The first kappa shape index (κ1) is 24.7. The van der Waals surface area contributed by atoms with E-state index in [0.29, 0.717) is 0 Å². The Hall–Kier alpha value is -2.62. The van der Waals surface area contributed by atoms with E-state index in [9.17, 15) is 0 Å². The molecule has 0 aliphatic carbocycles. The third-order valence-corrected chi connectivity index (χ3v) is 11.2. The zero-order valence-corrected chi connectivity index (χ0v) is 25.6. The van der Waals surface area contributed by atoms with Crippen molar-refractivity contribution in [2.45, 2.75) is 70.5 Å². The van der Waals surface area contributed by atoms with Gasteiger partial charge in [0.1, 0.15) is 7.05 Å². The van der Waals surface area contributed by atoms with Crippen LogP contribution in [-0.4, -0.2) is 8.07 Å². The van der Waals surface area contributed by atoms with Crippen molar-refractivity contribution in [2.75, 3.05) is 0 Å². The highest BCUT2D eigenvalue weighted by Gasteiger charge is 2.33. The largest absolute Gasteiger partial charge is 0.222 e. The van der Waals surface area contributed by atoms with Crippen LogP contribution in [0, 0.1) is 19.3 Å². The van der Waals surface area contributed by atoms with E-state index in [4.69, 9.17) is 0 Å². The molecular formula is C34H38NSSi+. The van der Waals surface area contributed by atoms with Gasteiger partial charge in [-0.25, -0.2) is 4.57 Å². The summed E-state index contributed by atoms with van der Waals surface area (Å²) in [7, 11) is 0.813. The van der Waals surface area contributed by atoms with Crippen LogP contribution in [0.1, 0.15) is 37.5 Å². The minimum absolute atomic E-state index is 0.201. The van der Waals surface area contributed by atoms with Crippen LogP contribution < -0.4 is 9.75 Å². The molecule has 188 valence electrons. The number of aromatic nitrogens is 1. The van der Waals surface area contributed by atoms with Crippen molar-refractivity contribution in [1.29, 1.82) is 0 Å². The SMILES string of the molecule is Cc1ccc2c(CC(C)(C)C)c3c(c(C)c2c1)-c1c2c(cc4ccc([Si](C)(C)C)cc4c2cc[n+]1C)S3. The molecule has 0 saturated carbocycles. The topological polar surface area (TPSA) is 3.88 Å². The van der Waals surface area contributed by atoms with Gasteiger partial charge in [-0.15, -0.1) is 0 Å². The average Bonchev–Trinajstić information content (AvgIpc) is 2.81. The smallest absolute Gasteiger partial charge is 0.200 e. The third-order valence-electron chi connectivity index (χ3n) is 8.00. The fourth-order valence-corrected chi connectivity index (χ4v) is 8.65. The molecule has 4 aromatic carbocycles. The number of pyridine rings is 1. The average molecular weight is 521 g/mol. The molecule has 5 aromatic rings. The first-order valence-electron chi connectivity index (χ1n) is 13.5. The van der Waals surface area contributed by atoms with Gasteiger partial charge in [-0.3, -0.25) is 0 Å². The summed E-state index contributed by atoms with van der Waals surface area (Å²) < 4.78 is 2.37. The number of rotatable bonds is 2. The Balaban J connectivity index is 1.78. The van der Waals surface area contributed by atoms with E-state index < -0.39 is 8.07 Å². The lowest BCUT2D eigenvalue weighted by atomic mass is 9.82. The van der Waals surface area contributed by atoms with Gasteiger partial charge in [0.15, 0.2) is 6.20 Å². The second-order valence-corrected chi connectivity index (χ2v) is 19.5. The molecule has 3 heteroatoms. The maximum absolute atomic E-state index is 2.49. The van der Waals surface area contributed by atoms with Gasteiger partial charge in [0.25, 0.3) is 0 Å². The van der Waals surface area contributed by atoms with E-state index in [2.05, 4.69) is 121 Å². The molecule has 0 N–H and O–H groups in total. The number of hydrogen-bond acceptors (Lipinski definition) is 1. The van der Waals surface area contributed by atoms with E-state index in [-0.39, 0.29) is 5.41 Å². The summed E-state index contributed by atoms with van der Waals surface area (Å²) in [5.41, 5.74) is 7.25. The summed E-state index contributed by atoms with van der Waals surface area (Å²) in [6.45, 7) is 19.0. The van der Waals surface area contributed by atoms with Gasteiger partial charge in [0.05, 0.1) is 19.0 Å². The van der Waals surface area contributed by atoms with E-state index in [1.165, 1.54) is 75.2 Å². The molecule has 0 amide bonds. The Bertz CT molecular complexity index is 1770. The molecular weight excluding hydrogens is 483 g/mol. The molecule has 0 radical (unpaired) electrons. The van der Waals surface area contributed by atoms with Crippen molar-refractivity contribution >= 4 is 57.3 Å². The molecule has 1 aliphatic rings. The molecule has 1 nitrogen and oxygen atoms in total. The van der Waals surface area contributed by atoms with E-state index in [1.54, 1.807) is 0 Å². The van der Waals surface area contributed by atoms with Crippen LogP contribution in [0.5, 0.6) is 0 Å². The van der Waals surface area contributed by atoms with Crippen LogP contribution in [0.25, 0.3) is 43.6 Å². The van der Waals surface area contributed by atoms with Crippen LogP contribution in [0.3, 0.4) is 0 Å². The summed E-state index contributed by atoms with van der Waals surface area (Å²) in [4.78, 5) is 2.85. The standard InChI is InChI=1S/C34H38NSSi/c1-20-10-13-24-26(16-20)21(2)30-32-31-25(14-15-35(32)6)27-18-23(37(7,8)9)12-11-22(27)17-29(31)36-33(30)28(24)19-34(3,4)5/h10-18H,19H2,1-9H3/q+1. The molecule has 0 spiro atoms. The first-order valence-corrected chi connectivity index (χ1v) is 17.8. The lowest BCUT2D eigenvalue weighted by Crippen LogP contribution is -2.37. The molecule has 0 unspecified atom stereocenters. The van der Waals surface area contributed by atoms with Gasteiger partial charge < -0.3 is 0 Å². The van der Waals surface area contributed by atoms with Crippen molar-refractivity contribution < 1.29 is 4.57 Å². The summed E-state index contributed by atoms with van der Waals surface area (Å²) >= 11 is 2.00. The number of hydrogen-bond donors (Lipinski definition) is 0. The molecule has 37 heavy (non-hydrogen) atoms. The van der Waals surface area contributed by atoms with Gasteiger partial charge in [-0.1, -0.05) is 99.3 Å². The van der Waals surface area contributed by atoms with Crippen LogP contribution in [0.15, 0.2) is 64.5 Å². The minimum atomic E-state index is -1.41. The maximum atomic E-state index is 2.49. The van der Waals surface area contributed by atoms with Crippen LogP contribution >= 0.6 is 11.8 Å². The van der Waals surface area contributed by atoms with Crippen molar-refractivity contribution in [2.24, 2.45) is 12.5 Å². The summed E-state index contributed by atoms with van der Waals surface area (Å²) in [5.74, 6) is 0. The Morgan fingerprint density at radius 2 is 1.59 bits per heavy atom. The zero-order chi connectivity index (χ0) is 26.4. The van der Waals surface area contributed by atoms with Crippen molar-refractivity contribution in [3.05, 3.63) is 71.4 Å². The van der Waals surface area contributed by atoms with E-state index >= 15 is 0 Å². The number of nitrogens with zero attached hydrogens (tertiary/aromatic N) is 1. The summed E-state index contributed by atoms with van der Waals surface area (Å²) in [6, 6.07) is 19.1. The van der Waals surface area contributed by atoms with Gasteiger partial charge in [0.2, 0.25) is 5.69 Å². The monoisotopic (exact) mass is 520 g/mol. The highest BCUT2D eigenvalue weighted by Crippen LogP contribution is 2.53. The van der Waals surface area contributed by atoms with E-state index in [0.717, 1.165) is 6.42 Å². The minimum Gasteiger partial charge on any atom is -0.200 e. The molecule has 0 saturated heterocycles. The van der Waals surface area contributed by atoms with Gasteiger partial charge >= 0.3 is 0 Å². The predicted molar refractivity (Wildman–Crippen MR) is 165 cm³/mol. The quantitative estimate of drug-likeness (QED) is 0.125. The lowest BCUT2D eigenvalue weighted by molar-refractivity contribution is -0.659.